The van der Waals surface area contributed by atoms with Gasteiger partial charge in [0.1, 0.15) is 0 Å². The predicted octanol–water partition coefficient (Wildman–Crippen LogP) is 1.39. The van der Waals surface area contributed by atoms with E-state index in [-0.39, 0.29) is 11.8 Å². The topological polar surface area (TPSA) is 41.1 Å². The number of rotatable bonds is 3. The Kier molecular flexibility index (Phi) is 3.85. The van der Waals surface area contributed by atoms with E-state index in [2.05, 4.69) is 24.5 Å². The van der Waals surface area contributed by atoms with Gasteiger partial charge < -0.3 is 10.6 Å². The van der Waals surface area contributed by atoms with Crippen molar-refractivity contribution in [3.63, 3.8) is 0 Å². The molecule has 2 aliphatic rings. The van der Waals surface area contributed by atoms with Gasteiger partial charge in [0.05, 0.1) is 5.92 Å². The summed E-state index contributed by atoms with van der Waals surface area (Å²) in [6.45, 7) is 7.20. The summed E-state index contributed by atoms with van der Waals surface area (Å²) < 4.78 is 0. The van der Waals surface area contributed by atoms with Crippen LogP contribution < -0.4 is 10.6 Å². The summed E-state index contributed by atoms with van der Waals surface area (Å²) in [5, 5.41) is 6.42. The molecule has 2 rings (SSSR count). The van der Waals surface area contributed by atoms with Crippen LogP contribution in [0.25, 0.3) is 0 Å². The number of carbonyl (C=O) groups excluding carboxylic acids is 1. The van der Waals surface area contributed by atoms with Gasteiger partial charge in [-0.2, -0.15) is 0 Å². The molecule has 4 unspecified atom stereocenters. The summed E-state index contributed by atoms with van der Waals surface area (Å²) in [5.74, 6) is 2.52. The Morgan fingerprint density at radius 2 is 2.12 bits per heavy atom. The molecule has 0 bridgehead atoms. The van der Waals surface area contributed by atoms with Gasteiger partial charge in [-0.05, 0) is 37.1 Å². The third-order valence-electron chi connectivity index (χ3n) is 4.22. The minimum atomic E-state index is 0.193. The van der Waals surface area contributed by atoms with Crippen LogP contribution in [0.4, 0.5) is 0 Å². The molecule has 3 heteroatoms. The first-order valence-electron chi connectivity index (χ1n) is 6.65. The zero-order valence-corrected chi connectivity index (χ0v) is 10.5. The molecule has 1 aliphatic carbocycles. The number of hydrogen-bond acceptors (Lipinski definition) is 2. The molecule has 0 aromatic heterocycles. The van der Waals surface area contributed by atoms with Crippen molar-refractivity contribution < 1.29 is 4.79 Å². The molecule has 4 atom stereocenters. The van der Waals surface area contributed by atoms with Crippen molar-refractivity contribution in [3.05, 3.63) is 0 Å². The van der Waals surface area contributed by atoms with Crippen molar-refractivity contribution in [1.82, 2.24) is 10.6 Å². The van der Waals surface area contributed by atoms with Crippen LogP contribution in [0.2, 0.25) is 0 Å². The first-order chi connectivity index (χ1) is 7.66. The van der Waals surface area contributed by atoms with E-state index in [0.717, 1.165) is 31.5 Å². The maximum atomic E-state index is 11.9. The highest BCUT2D eigenvalue weighted by Gasteiger charge is 2.30. The maximum absolute atomic E-state index is 11.9. The SMILES string of the molecule is CC1CCC(CNC(=O)C2CNCC2C)C1. The van der Waals surface area contributed by atoms with E-state index < -0.39 is 0 Å². The average molecular weight is 224 g/mol. The van der Waals surface area contributed by atoms with Gasteiger partial charge in [-0.25, -0.2) is 0 Å². The van der Waals surface area contributed by atoms with E-state index in [1.165, 1.54) is 19.3 Å². The number of carbonyl (C=O) groups is 1. The smallest absolute Gasteiger partial charge is 0.224 e. The monoisotopic (exact) mass is 224 g/mol. The average Bonchev–Trinajstić information content (AvgIpc) is 2.84. The van der Waals surface area contributed by atoms with Crippen LogP contribution in [-0.2, 0) is 4.79 Å². The second kappa shape index (κ2) is 5.17. The Morgan fingerprint density at radius 1 is 1.31 bits per heavy atom. The minimum absolute atomic E-state index is 0.193. The summed E-state index contributed by atoms with van der Waals surface area (Å²) in [4.78, 5) is 11.9. The molecule has 1 aliphatic heterocycles. The lowest BCUT2D eigenvalue weighted by molar-refractivity contribution is -0.125. The van der Waals surface area contributed by atoms with E-state index in [9.17, 15) is 4.79 Å². The Morgan fingerprint density at radius 3 is 2.69 bits per heavy atom. The van der Waals surface area contributed by atoms with E-state index in [4.69, 9.17) is 0 Å². The molecular weight excluding hydrogens is 200 g/mol. The van der Waals surface area contributed by atoms with Gasteiger partial charge >= 0.3 is 0 Å². The van der Waals surface area contributed by atoms with Crippen LogP contribution in [0.1, 0.15) is 33.1 Å². The quantitative estimate of drug-likeness (QED) is 0.760. The Balaban J connectivity index is 1.71. The normalized spacial score (nSPS) is 38.9. The summed E-state index contributed by atoms with van der Waals surface area (Å²) >= 11 is 0. The first kappa shape index (κ1) is 11.9. The van der Waals surface area contributed by atoms with Gasteiger partial charge in [-0.15, -0.1) is 0 Å². The van der Waals surface area contributed by atoms with Crippen LogP contribution in [0.5, 0.6) is 0 Å². The van der Waals surface area contributed by atoms with Gasteiger partial charge in [-0.3, -0.25) is 4.79 Å². The molecule has 3 nitrogen and oxygen atoms in total. The zero-order chi connectivity index (χ0) is 11.5. The van der Waals surface area contributed by atoms with Crippen molar-refractivity contribution in [1.29, 1.82) is 0 Å². The molecule has 2 N–H and O–H groups in total. The van der Waals surface area contributed by atoms with E-state index in [1.54, 1.807) is 0 Å². The van der Waals surface area contributed by atoms with Gasteiger partial charge in [-0.1, -0.05) is 20.3 Å². The molecule has 1 saturated carbocycles. The third-order valence-corrected chi connectivity index (χ3v) is 4.22. The van der Waals surface area contributed by atoms with Gasteiger partial charge in [0, 0.05) is 13.1 Å². The Labute approximate surface area is 98.4 Å². The fourth-order valence-electron chi connectivity index (χ4n) is 3.05. The van der Waals surface area contributed by atoms with E-state index in [1.807, 2.05) is 0 Å². The van der Waals surface area contributed by atoms with Crippen molar-refractivity contribution in [2.75, 3.05) is 19.6 Å². The lowest BCUT2D eigenvalue weighted by Gasteiger charge is -2.16. The lowest BCUT2D eigenvalue weighted by Crippen LogP contribution is -2.36. The molecule has 0 spiro atoms. The Hall–Kier alpha value is -0.570. The molecule has 0 radical (unpaired) electrons. The van der Waals surface area contributed by atoms with Crippen molar-refractivity contribution in [2.45, 2.75) is 33.1 Å². The van der Waals surface area contributed by atoms with Gasteiger partial charge in [0.25, 0.3) is 0 Å². The molecule has 1 heterocycles. The van der Waals surface area contributed by atoms with Crippen LogP contribution >= 0.6 is 0 Å². The second-order valence-electron chi connectivity index (χ2n) is 5.77. The summed E-state index contributed by atoms with van der Waals surface area (Å²) in [5.41, 5.74) is 0. The highest BCUT2D eigenvalue weighted by atomic mass is 16.1. The summed E-state index contributed by atoms with van der Waals surface area (Å²) in [7, 11) is 0. The fraction of sp³-hybridized carbons (Fsp3) is 0.923. The van der Waals surface area contributed by atoms with Crippen LogP contribution in [0, 0.1) is 23.7 Å². The van der Waals surface area contributed by atoms with Crippen molar-refractivity contribution in [3.8, 4) is 0 Å². The highest BCUT2D eigenvalue weighted by Crippen LogP contribution is 2.29. The van der Waals surface area contributed by atoms with E-state index in [0.29, 0.717) is 5.92 Å². The lowest BCUT2D eigenvalue weighted by atomic mass is 9.97. The molecule has 16 heavy (non-hydrogen) atoms. The number of nitrogens with one attached hydrogen (secondary N) is 2. The predicted molar refractivity (Wildman–Crippen MR) is 65.0 cm³/mol. The first-order valence-corrected chi connectivity index (χ1v) is 6.65. The van der Waals surface area contributed by atoms with Gasteiger partial charge in [0.15, 0.2) is 0 Å². The summed E-state index contributed by atoms with van der Waals surface area (Å²) in [6.07, 6.45) is 3.92. The number of hydrogen-bond donors (Lipinski definition) is 2. The molecule has 1 amide bonds. The zero-order valence-electron chi connectivity index (χ0n) is 10.5. The van der Waals surface area contributed by atoms with Crippen LogP contribution in [-0.4, -0.2) is 25.5 Å². The van der Waals surface area contributed by atoms with Crippen molar-refractivity contribution >= 4 is 5.91 Å². The third kappa shape index (κ3) is 2.76. The second-order valence-corrected chi connectivity index (χ2v) is 5.77. The molecule has 1 saturated heterocycles. The van der Waals surface area contributed by atoms with Crippen LogP contribution in [0.3, 0.4) is 0 Å². The molecule has 2 fully saturated rings. The number of amides is 1. The molecule has 92 valence electrons. The molecular formula is C13H24N2O. The maximum Gasteiger partial charge on any atom is 0.224 e. The van der Waals surface area contributed by atoms with Crippen LogP contribution in [0.15, 0.2) is 0 Å². The fourth-order valence-corrected chi connectivity index (χ4v) is 3.05. The molecule has 0 aromatic rings. The molecule has 0 aromatic carbocycles. The summed E-state index contributed by atoms with van der Waals surface area (Å²) in [6, 6.07) is 0. The van der Waals surface area contributed by atoms with Crippen molar-refractivity contribution in [2.24, 2.45) is 23.7 Å². The minimum Gasteiger partial charge on any atom is -0.356 e. The largest absolute Gasteiger partial charge is 0.356 e. The standard InChI is InChI=1S/C13H24N2O/c1-9-3-4-11(5-9)7-15-13(16)12-8-14-6-10(12)2/h9-12,14H,3-8H2,1-2H3,(H,15,16). The van der Waals surface area contributed by atoms with E-state index >= 15 is 0 Å². The Bertz CT molecular complexity index is 254. The van der Waals surface area contributed by atoms with Gasteiger partial charge in [0.2, 0.25) is 5.91 Å². The highest BCUT2D eigenvalue weighted by molar-refractivity contribution is 5.79.